The summed E-state index contributed by atoms with van der Waals surface area (Å²) in [7, 11) is 1.61. The minimum absolute atomic E-state index is 0.0289. The molecule has 7 heteroatoms. The van der Waals surface area contributed by atoms with E-state index >= 15 is 0 Å². The maximum absolute atomic E-state index is 12.7. The molecule has 26 heavy (non-hydrogen) atoms. The number of amides is 1. The van der Waals surface area contributed by atoms with Crippen LogP contribution in [0.25, 0.3) is 10.9 Å². The van der Waals surface area contributed by atoms with Crippen LogP contribution in [0.4, 0.5) is 0 Å². The highest BCUT2D eigenvalue weighted by atomic mass is 16.5. The van der Waals surface area contributed by atoms with Crippen molar-refractivity contribution < 1.29 is 9.53 Å². The molecule has 1 N–H and O–H groups in total. The summed E-state index contributed by atoms with van der Waals surface area (Å²) in [5, 5.41) is 8.03. The summed E-state index contributed by atoms with van der Waals surface area (Å²) in [4.78, 5) is 24.9. The highest BCUT2D eigenvalue weighted by Crippen LogP contribution is 2.14. The number of benzene rings is 1. The first kappa shape index (κ1) is 17.7. The van der Waals surface area contributed by atoms with E-state index < -0.39 is 0 Å². The molecule has 1 aromatic carbocycles. The van der Waals surface area contributed by atoms with E-state index in [9.17, 15) is 9.59 Å². The number of rotatable bonds is 6. The van der Waals surface area contributed by atoms with Crippen LogP contribution < -0.4 is 15.6 Å². The van der Waals surface area contributed by atoms with Crippen molar-refractivity contribution in [2.24, 2.45) is 0 Å². The van der Waals surface area contributed by atoms with Gasteiger partial charge in [-0.15, -0.1) is 0 Å². The first-order valence-electron chi connectivity index (χ1n) is 8.49. The third kappa shape index (κ3) is 3.46. The van der Waals surface area contributed by atoms with Crippen molar-refractivity contribution in [3.8, 4) is 5.75 Å². The van der Waals surface area contributed by atoms with E-state index in [1.807, 2.05) is 44.2 Å². The number of methoxy groups -OCH3 is 1. The van der Waals surface area contributed by atoms with Crippen LogP contribution in [0.3, 0.4) is 0 Å². The second kappa shape index (κ2) is 7.43. The second-order valence-corrected chi connectivity index (χ2v) is 6.04. The number of hydrogen-bond donors (Lipinski definition) is 1. The molecule has 2 aromatic heterocycles. The molecule has 1 amide bonds. The topological polar surface area (TPSA) is 78.2 Å². The lowest BCUT2D eigenvalue weighted by molar-refractivity contribution is -0.121. The first-order valence-corrected chi connectivity index (χ1v) is 8.49. The summed E-state index contributed by atoms with van der Waals surface area (Å²) >= 11 is 0. The van der Waals surface area contributed by atoms with Gasteiger partial charge in [-0.3, -0.25) is 14.3 Å². The molecule has 0 fully saturated rings. The van der Waals surface area contributed by atoms with E-state index in [-0.39, 0.29) is 18.0 Å². The zero-order valence-corrected chi connectivity index (χ0v) is 15.2. The molecule has 0 bridgehead atoms. The molecular formula is C19H22N4O3. The molecule has 0 aliphatic rings. The molecule has 0 aliphatic carbocycles. The number of nitrogens with one attached hydrogen (secondary N) is 1. The molecule has 3 rings (SSSR count). The van der Waals surface area contributed by atoms with Crippen molar-refractivity contribution in [1.82, 2.24) is 19.7 Å². The van der Waals surface area contributed by atoms with E-state index in [4.69, 9.17) is 4.74 Å². The van der Waals surface area contributed by atoms with Crippen molar-refractivity contribution in [3.63, 3.8) is 0 Å². The van der Waals surface area contributed by atoms with Crippen LogP contribution in [0.1, 0.15) is 18.2 Å². The molecule has 0 saturated carbocycles. The molecule has 0 spiro atoms. The van der Waals surface area contributed by atoms with Crippen LogP contribution in [-0.4, -0.2) is 27.4 Å². The van der Waals surface area contributed by atoms with E-state index in [1.165, 1.54) is 4.57 Å². The Bertz CT molecular complexity index is 986. The number of nitrogens with zero attached hydrogens (tertiary/aromatic N) is 3. The number of ether oxygens (including phenoxy) is 1. The molecule has 0 saturated heterocycles. The zero-order valence-electron chi connectivity index (χ0n) is 15.2. The van der Waals surface area contributed by atoms with Crippen molar-refractivity contribution in [3.05, 3.63) is 58.1 Å². The number of hydrogen-bond acceptors (Lipinski definition) is 4. The normalized spacial score (nSPS) is 10.9. The van der Waals surface area contributed by atoms with Gasteiger partial charge in [0.05, 0.1) is 12.8 Å². The van der Waals surface area contributed by atoms with Crippen LogP contribution in [0.2, 0.25) is 0 Å². The van der Waals surface area contributed by atoms with Gasteiger partial charge in [0.2, 0.25) is 5.91 Å². The lowest BCUT2D eigenvalue weighted by atomic mass is 10.2. The molecule has 0 aliphatic heterocycles. The molecule has 136 valence electrons. The van der Waals surface area contributed by atoms with Crippen LogP contribution >= 0.6 is 0 Å². The quantitative estimate of drug-likeness (QED) is 0.733. The van der Waals surface area contributed by atoms with Gasteiger partial charge in [0.25, 0.3) is 5.56 Å². The predicted octanol–water partition coefficient (Wildman–Crippen LogP) is 1.85. The van der Waals surface area contributed by atoms with Crippen LogP contribution in [0.15, 0.2) is 41.3 Å². The number of fused-ring (bicyclic) bond motifs is 1. The van der Waals surface area contributed by atoms with Crippen LogP contribution in [-0.2, 0) is 24.4 Å². The Balaban J connectivity index is 1.72. The second-order valence-electron chi connectivity index (χ2n) is 6.04. The minimum Gasteiger partial charge on any atom is -0.497 e. The van der Waals surface area contributed by atoms with Gasteiger partial charge in [-0.25, -0.2) is 0 Å². The average molecular weight is 354 g/mol. The Kier molecular flexibility index (Phi) is 5.06. The Morgan fingerprint density at radius 1 is 1.23 bits per heavy atom. The summed E-state index contributed by atoms with van der Waals surface area (Å²) in [6.07, 6.45) is 1.65. The van der Waals surface area contributed by atoms with E-state index in [2.05, 4.69) is 10.4 Å². The maximum atomic E-state index is 12.7. The van der Waals surface area contributed by atoms with Gasteiger partial charge in [0.1, 0.15) is 17.8 Å². The number of pyridine rings is 1. The number of carbonyl (C=O) groups is 1. The van der Waals surface area contributed by atoms with Gasteiger partial charge >= 0.3 is 0 Å². The SMILES string of the molecule is CCn1nc(C)c2ccn(CC(=O)NCc3ccc(OC)cc3)c(=O)c21. The highest BCUT2D eigenvalue weighted by Gasteiger charge is 2.13. The zero-order chi connectivity index (χ0) is 18.7. The van der Waals surface area contributed by atoms with Gasteiger partial charge in [-0.05, 0) is 37.6 Å². The van der Waals surface area contributed by atoms with Crippen molar-refractivity contribution in [2.45, 2.75) is 33.5 Å². The number of carbonyl (C=O) groups excluding carboxylic acids is 1. The van der Waals surface area contributed by atoms with Gasteiger partial charge < -0.3 is 14.6 Å². The molecule has 7 nitrogen and oxygen atoms in total. The third-order valence-electron chi connectivity index (χ3n) is 4.32. The Hall–Kier alpha value is -3.09. The molecular weight excluding hydrogens is 332 g/mol. The minimum atomic E-state index is -0.221. The summed E-state index contributed by atoms with van der Waals surface area (Å²) in [6.45, 7) is 4.78. The fourth-order valence-electron chi connectivity index (χ4n) is 2.90. The van der Waals surface area contributed by atoms with Crippen molar-refractivity contribution >= 4 is 16.8 Å². The summed E-state index contributed by atoms with van der Waals surface area (Å²) in [5.41, 5.74) is 2.11. The molecule has 3 aromatic rings. The van der Waals surface area contributed by atoms with Gasteiger partial charge in [0, 0.05) is 24.7 Å². The maximum Gasteiger partial charge on any atom is 0.277 e. The lowest BCUT2D eigenvalue weighted by Gasteiger charge is -2.09. The number of aromatic nitrogens is 3. The summed E-state index contributed by atoms with van der Waals surface area (Å²) < 4.78 is 8.21. The van der Waals surface area contributed by atoms with E-state index in [1.54, 1.807) is 18.0 Å². The van der Waals surface area contributed by atoms with Gasteiger partial charge in [0.15, 0.2) is 0 Å². The Morgan fingerprint density at radius 2 is 1.96 bits per heavy atom. The fraction of sp³-hybridized carbons (Fsp3) is 0.316. The molecule has 0 atom stereocenters. The summed E-state index contributed by atoms with van der Waals surface area (Å²) in [6, 6.07) is 9.30. The molecule has 0 radical (unpaired) electrons. The van der Waals surface area contributed by atoms with E-state index in [0.29, 0.717) is 18.6 Å². The number of aryl methyl sites for hydroxylation is 2. The van der Waals surface area contributed by atoms with Crippen molar-refractivity contribution in [1.29, 1.82) is 0 Å². The Morgan fingerprint density at radius 3 is 2.62 bits per heavy atom. The molecule has 0 unspecified atom stereocenters. The predicted molar refractivity (Wildman–Crippen MR) is 99.2 cm³/mol. The van der Waals surface area contributed by atoms with Crippen LogP contribution in [0.5, 0.6) is 5.75 Å². The Labute approximate surface area is 151 Å². The molecule has 2 heterocycles. The monoisotopic (exact) mass is 354 g/mol. The van der Waals surface area contributed by atoms with Crippen molar-refractivity contribution in [2.75, 3.05) is 7.11 Å². The fourth-order valence-corrected chi connectivity index (χ4v) is 2.90. The first-order chi connectivity index (χ1) is 12.5. The summed E-state index contributed by atoms with van der Waals surface area (Å²) in [5.74, 6) is 0.546. The highest BCUT2D eigenvalue weighted by molar-refractivity contribution is 5.81. The smallest absolute Gasteiger partial charge is 0.277 e. The van der Waals surface area contributed by atoms with E-state index in [0.717, 1.165) is 22.4 Å². The largest absolute Gasteiger partial charge is 0.497 e. The third-order valence-corrected chi connectivity index (χ3v) is 4.32. The standard InChI is InChI=1S/C19H22N4O3/c1-4-23-18-16(13(2)21-23)9-10-22(19(18)25)12-17(24)20-11-14-5-7-15(26-3)8-6-14/h5-10H,4,11-12H2,1-3H3,(H,20,24). The van der Waals surface area contributed by atoms with Gasteiger partial charge in [-0.1, -0.05) is 12.1 Å². The lowest BCUT2D eigenvalue weighted by Crippen LogP contribution is -2.32. The average Bonchev–Trinajstić information content (AvgIpc) is 2.99. The van der Waals surface area contributed by atoms with Crippen LogP contribution in [0, 0.1) is 6.92 Å². The van der Waals surface area contributed by atoms with Gasteiger partial charge in [-0.2, -0.15) is 5.10 Å².